The highest BCUT2D eigenvalue weighted by atomic mass is 35.5. The average molecular weight is 413 g/mol. The number of hydrogen-bond acceptors (Lipinski definition) is 3. The zero-order chi connectivity index (χ0) is 20.1. The third-order valence-electron chi connectivity index (χ3n) is 4.58. The second-order valence-corrected chi connectivity index (χ2v) is 8.30. The fourth-order valence-electron chi connectivity index (χ4n) is 3.03. The number of thiazole rings is 1. The summed E-state index contributed by atoms with van der Waals surface area (Å²) in [6, 6.07) is 15.8. The first-order chi connectivity index (χ1) is 13.5. The molecule has 1 heterocycles. The lowest BCUT2D eigenvalue weighted by atomic mass is 10.1. The molecule has 0 atom stereocenters. The van der Waals surface area contributed by atoms with Crippen molar-refractivity contribution in [3.05, 3.63) is 64.0 Å². The Balaban J connectivity index is 2.07. The number of rotatable bonds is 7. The Kier molecular flexibility index (Phi) is 6.87. The van der Waals surface area contributed by atoms with E-state index in [9.17, 15) is 4.79 Å². The maximum Gasteiger partial charge on any atom is 0.233 e. The van der Waals surface area contributed by atoms with Crippen LogP contribution in [0.3, 0.4) is 0 Å². The monoisotopic (exact) mass is 412 g/mol. The molecule has 0 aliphatic rings. The number of anilines is 2. The number of amides is 1. The summed E-state index contributed by atoms with van der Waals surface area (Å²) in [6.07, 6.45) is 3.19. The number of hydrogen-bond donors (Lipinski definition) is 0. The zero-order valence-electron chi connectivity index (χ0n) is 16.5. The van der Waals surface area contributed by atoms with Crippen LogP contribution in [-0.2, 0) is 11.2 Å². The van der Waals surface area contributed by atoms with Crippen LogP contribution in [0.15, 0.2) is 48.5 Å². The number of aromatic nitrogens is 1. The molecule has 0 radical (unpaired) electrons. The molecular formula is C23H25ClN2OS. The summed E-state index contributed by atoms with van der Waals surface area (Å²) in [5.41, 5.74) is 4.02. The first-order valence-electron chi connectivity index (χ1n) is 9.68. The molecule has 0 saturated heterocycles. The van der Waals surface area contributed by atoms with E-state index >= 15 is 0 Å². The van der Waals surface area contributed by atoms with Crippen molar-refractivity contribution in [3.63, 3.8) is 0 Å². The fraction of sp³-hybridized carbons (Fsp3) is 0.304. The molecule has 28 heavy (non-hydrogen) atoms. The molecule has 0 bridgehead atoms. The highest BCUT2D eigenvalue weighted by Crippen LogP contribution is 2.37. The van der Waals surface area contributed by atoms with E-state index in [0.717, 1.165) is 36.2 Å². The summed E-state index contributed by atoms with van der Waals surface area (Å²) >= 11 is 7.78. The fourth-order valence-corrected chi connectivity index (χ4v) is 4.27. The van der Waals surface area contributed by atoms with Crippen LogP contribution in [0.1, 0.15) is 43.6 Å². The highest BCUT2D eigenvalue weighted by Gasteiger charge is 2.23. The van der Waals surface area contributed by atoms with Gasteiger partial charge in [0.15, 0.2) is 5.13 Å². The van der Waals surface area contributed by atoms with E-state index in [4.69, 9.17) is 16.6 Å². The van der Waals surface area contributed by atoms with E-state index in [1.54, 1.807) is 16.2 Å². The summed E-state index contributed by atoms with van der Waals surface area (Å²) in [5, 5.41) is 1.31. The predicted octanol–water partition coefficient (Wildman–Crippen LogP) is 7.19. The molecule has 2 aromatic carbocycles. The van der Waals surface area contributed by atoms with Gasteiger partial charge in [-0.1, -0.05) is 67.8 Å². The van der Waals surface area contributed by atoms with Crippen LogP contribution >= 0.6 is 22.9 Å². The summed E-state index contributed by atoms with van der Waals surface area (Å²) < 4.78 is 0. The number of carbonyl (C=O) groups excluding carboxylic acids is 1. The lowest BCUT2D eigenvalue weighted by Gasteiger charge is -2.20. The predicted molar refractivity (Wildman–Crippen MR) is 120 cm³/mol. The first-order valence-corrected chi connectivity index (χ1v) is 10.9. The molecule has 3 aromatic rings. The molecule has 1 aromatic heterocycles. The number of nitrogens with zero attached hydrogens (tertiary/aromatic N) is 2. The molecule has 0 aliphatic heterocycles. The van der Waals surface area contributed by atoms with Gasteiger partial charge in [0.25, 0.3) is 0 Å². The standard InChI is InChI=1S/C23H25ClN2OS/c1-4-6-10-21(27)26(19-9-7-8-18(24)15-19)23-25-22(20(5-2)28-23)17-13-11-16(3)12-14-17/h7-9,11-15H,4-6,10H2,1-3H3. The van der Waals surface area contributed by atoms with E-state index in [1.165, 1.54) is 10.4 Å². The maximum atomic E-state index is 13.1. The van der Waals surface area contributed by atoms with Gasteiger partial charge in [0.2, 0.25) is 5.91 Å². The topological polar surface area (TPSA) is 33.2 Å². The van der Waals surface area contributed by atoms with Gasteiger partial charge in [0, 0.05) is 21.9 Å². The quantitative estimate of drug-likeness (QED) is 0.411. The molecule has 0 unspecified atom stereocenters. The van der Waals surface area contributed by atoms with Gasteiger partial charge in [-0.3, -0.25) is 9.69 Å². The Morgan fingerprint density at radius 2 is 1.89 bits per heavy atom. The minimum Gasteiger partial charge on any atom is -0.274 e. The van der Waals surface area contributed by atoms with Crippen LogP contribution < -0.4 is 4.90 Å². The molecule has 3 rings (SSSR count). The lowest BCUT2D eigenvalue weighted by Crippen LogP contribution is -2.25. The molecule has 5 heteroatoms. The van der Waals surface area contributed by atoms with Gasteiger partial charge in [-0.25, -0.2) is 4.98 Å². The second kappa shape index (κ2) is 9.35. The van der Waals surface area contributed by atoms with Gasteiger partial charge in [-0.05, 0) is 38.0 Å². The van der Waals surface area contributed by atoms with Crippen LogP contribution in [0, 0.1) is 6.92 Å². The smallest absolute Gasteiger partial charge is 0.233 e. The lowest BCUT2D eigenvalue weighted by molar-refractivity contribution is -0.118. The van der Waals surface area contributed by atoms with Crippen molar-refractivity contribution in [2.24, 2.45) is 0 Å². The molecule has 0 N–H and O–H groups in total. The molecule has 1 amide bonds. The number of aryl methyl sites for hydroxylation is 2. The Labute approximate surface area is 176 Å². The van der Waals surface area contributed by atoms with Crippen LogP contribution in [0.5, 0.6) is 0 Å². The van der Waals surface area contributed by atoms with E-state index in [-0.39, 0.29) is 5.91 Å². The SMILES string of the molecule is CCCCC(=O)N(c1cccc(Cl)c1)c1nc(-c2ccc(C)cc2)c(CC)s1. The van der Waals surface area contributed by atoms with Crippen molar-refractivity contribution in [2.45, 2.75) is 46.5 Å². The highest BCUT2D eigenvalue weighted by molar-refractivity contribution is 7.16. The van der Waals surface area contributed by atoms with Crippen molar-refractivity contribution >= 4 is 39.7 Å². The number of carbonyl (C=O) groups is 1. The second-order valence-electron chi connectivity index (χ2n) is 6.80. The van der Waals surface area contributed by atoms with Crippen molar-refractivity contribution in [2.75, 3.05) is 4.90 Å². The summed E-state index contributed by atoms with van der Waals surface area (Å²) in [5.74, 6) is 0.0518. The Morgan fingerprint density at radius 3 is 2.54 bits per heavy atom. The first kappa shape index (κ1) is 20.6. The van der Waals surface area contributed by atoms with Crippen LogP contribution in [-0.4, -0.2) is 10.9 Å². The van der Waals surface area contributed by atoms with Gasteiger partial charge in [-0.2, -0.15) is 0 Å². The molecule has 146 valence electrons. The van der Waals surface area contributed by atoms with Crippen LogP contribution in [0.4, 0.5) is 10.8 Å². The molecule has 0 aliphatic carbocycles. The normalized spacial score (nSPS) is 10.9. The van der Waals surface area contributed by atoms with Crippen molar-refractivity contribution in [1.29, 1.82) is 0 Å². The molecule has 0 fully saturated rings. The molecule has 0 spiro atoms. The minimum absolute atomic E-state index is 0.0518. The van der Waals surface area contributed by atoms with E-state index in [1.807, 2.05) is 24.3 Å². The zero-order valence-corrected chi connectivity index (χ0v) is 18.1. The van der Waals surface area contributed by atoms with Crippen LogP contribution in [0.2, 0.25) is 5.02 Å². The van der Waals surface area contributed by atoms with Gasteiger partial charge >= 0.3 is 0 Å². The van der Waals surface area contributed by atoms with E-state index in [0.29, 0.717) is 16.6 Å². The summed E-state index contributed by atoms with van der Waals surface area (Å²) in [4.78, 5) is 20.9. The Morgan fingerprint density at radius 1 is 1.14 bits per heavy atom. The van der Waals surface area contributed by atoms with Gasteiger partial charge in [-0.15, -0.1) is 11.3 Å². The summed E-state index contributed by atoms with van der Waals surface area (Å²) in [6.45, 7) is 6.28. The van der Waals surface area contributed by atoms with Gasteiger partial charge in [0.1, 0.15) is 0 Å². The molecule has 0 saturated carbocycles. The summed E-state index contributed by atoms with van der Waals surface area (Å²) in [7, 11) is 0. The third-order valence-corrected chi connectivity index (χ3v) is 6.00. The Hall–Kier alpha value is -2.17. The number of benzene rings is 2. The van der Waals surface area contributed by atoms with Gasteiger partial charge in [0.05, 0.1) is 11.4 Å². The number of halogens is 1. The van der Waals surface area contributed by atoms with E-state index < -0.39 is 0 Å². The number of unbranched alkanes of at least 4 members (excludes halogenated alkanes) is 1. The average Bonchev–Trinajstić information content (AvgIpc) is 3.11. The molecule has 3 nitrogen and oxygen atoms in total. The molecular weight excluding hydrogens is 388 g/mol. The van der Waals surface area contributed by atoms with Crippen molar-refractivity contribution < 1.29 is 4.79 Å². The van der Waals surface area contributed by atoms with Crippen LogP contribution in [0.25, 0.3) is 11.3 Å². The van der Waals surface area contributed by atoms with Crippen molar-refractivity contribution in [1.82, 2.24) is 4.98 Å². The minimum atomic E-state index is 0.0518. The van der Waals surface area contributed by atoms with E-state index in [2.05, 4.69) is 45.0 Å². The van der Waals surface area contributed by atoms with Gasteiger partial charge < -0.3 is 0 Å². The van der Waals surface area contributed by atoms with Crippen molar-refractivity contribution in [3.8, 4) is 11.3 Å². The Bertz CT molecular complexity index is 949. The largest absolute Gasteiger partial charge is 0.274 e. The third kappa shape index (κ3) is 4.62. The maximum absolute atomic E-state index is 13.1.